The highest BCUT2D eigenvalue weighted by Gasteiger charge is 2.29. The lowest BCUT2D eigenvalue weighted by Crippen LogP contribution is -2.42. The maximum atomic E-state index is 12.5. The van der Waals surface area contributed by atoms with Gasteiger partial charge in [-0.15, -0.1) is 12.4 Å². The molecule has 0 bridgehead atoms. The molecule has 1 aromatic carbocycles. The predicted octanol–water partition coefficient (Wildman–Crippen LogP) is 1.28. The maximum absolute atomic E-state index is 12.5. The zero-order chi connectivity index (χ0) is 17.9. The molecular weight excluding hydrogens is 356 g/mol. The quantitative estimate of drug-likeness (QED) is 0.671. The van der Waals surface area contributed by atoms with E-state index in [4.69, 9.17) is 0 Å². The molecule has 0 atom stereocenters. The first kappa shape index (κ1) is 20.2. The van der Waals surface area contributed by atoms with E-state index in [1.54, 1.807) is 18.2 Å². The second-order valence-electron chi connectivity index (χ2n) is 7.08. The third kappa shape index (κ3) is 4.74. The number of carbonyl (C=O) groups is 3. The monoisotopic (exact) mass is 380 g/mol. The minimum atomic E-state index is -0.390. The lowest BCUT2D eigenvalue weighted by molar-refractivity contribution is -0.125. The smallest absolute Gasteiger partial charge is 0.324 e. The Kier molecular flexibility index (Phi) is 6.61. The van der Waals surface area contributed by atoms with Crippen molar-refractivity contribution in [3.63, 3.8) is 0 Å². The zero-order valence-corrected chi connectivity index (χ0v) is 15.7. The van der Waals surface area contributed by atoms with E-state index in [9.17, 15) is 14.4 Å². The first-order valence-corrected chi connectivity index (χ1v) is 8.63. The number of amides is 4. The SMILES string of the molecule is CC1(CNC(=O)c2cccc(CN3C(=O)CNC3=O)c2)CCNCC1.Cl. The minimum absolute atomic E-state index is 0. The average Bonchev–Trinajstić information content (AvgIpc) is 2.93. The van der Waals surface area contributed by atoms with E-state index in [2.05, 4.69) is 22.9 Å². The Morgan fingerprint density at radius 2 is 2.00 bits per heavy atom. The Morgan fingerprint density at radius 3 is 2.65 bits per heavy atom. The van der Waals surface area contributed by atoms with E-state index in [-0.39, 0.29) is 42.7 Å². The Hall–Kier alpha value is -2.12. The Balaban J connectivity index is 0.00000243. The van der Waals surface area contributed by atoms with Gasteiger partial charge in [-0.1, -0.05) is 19.1 Å². The number of hydrogen-bond donors (Lipinski definition) is 3. The number of rotatable bonds is 5. The first-order chi connectivity index (χ1) is 12.0. The third-order valence-corrected chi connectivity index (χ3v) is 4.95. The standard InChI is InChI=1S/C18H24N4O3.ClH/c1-18(5-7-19-8-6-18)12-21-16(24)14-4-2-3-13(9-14)11-22-15(23)10-20-17(22)25;/h2-4,9,19H,5-8,10-12H2,1H3,(H,20,25)(H,21,24);1H. The molecule has 0 radical (unpaired) electrons. The second-order valence-corrected chi connectivity index (χ2v) is 7.08. The van der Waals surface area contributed by atoms with E-state index in [0.717, 1.165) is 36.4 Å². The van der Waals surface area contributed by atoms with Gasteiger partial charge in [-0.3, -0.25) is 14.5 Å². The van der Waals surface area contributed by atoms with Crippen molar-refractivity contribution in [2.24, 2.45) is 5.41 Å². The summed E-state index contributed by atoms with van der Waals surface area (Å²) >= 11 is 0. The van der Waals surface area contributed by atoms with Crippen molar-refractivity contribution >= 4 is 30.3 Å². The highest BCUT2D eigenvalue weighted by atomic mass is 35.5. The van der Waals surface area contributed by atoms with Gasteiger partial charge >= 0.3 is 6.03 Å². The molecule has 1 aromatic rings. The number of imide groups is 1. The van der Waals surface area contributed by atoms with Gasteiger partial charge in [0.15, 0.2) is 0 Å². The van der Waals surface area contributed by atoms with Crippen LogP contribution in [0.1, 0.15) is 35.7 Å². The summed E-state index contributed by atoms with van der Waals surface area (Å²) < 4.78 is 0. The summed E-state index contributed by atoms with van der Waals surface area (Å²) in [5.41, 5.74) is 1.42. The van der Waals surface area contributed by atoms with Gasteiger partial charge in [0.1, 0.15) is 0 Å². The molecule has 0 aliphatic carbocycles. The van der Waals surface area contributed by atoms with Gasteiger partial charge in [-0.25, -0.2) is 4.79 Å². The Bertz CT molecular complexity index is 673. The van der Waals surface area contributed by atoms with E-state index in [1.807, 2.05) is 6.07 Å². The van der Waals surface area contributed by atoms with Crippen molar-refractivity contribution in [1.82, 2.24) is 20.9 Å². The van der Waals surface area contributed by atoms with Crippen LogP contribution >= 0.6 is 12.4 Å². The number of nitrogens with zero attached hydrogens (tertiary/aromatic N) is 1. The highest BCUT2D eigenvalue weighted by Crippen LogP contribution is 2.26. The molecule has 2 aliphatic rings. The van der Waals surface area contributed by atoms with Gasteiger partial charge in [0.25, 0.3) is 5.91 Å². The molecule has 0 spiro atoms. The van der Waals surface area contributed by atoms with Gasteiger partial charge in [-0.05, 0) is 49.0 Å². The van der Waals surface area contributed by atoms with Gasteiger partial charge in [0.2, 0.25) is 5.91 Å². The molecule has 142 valence electrons. The molecule has 0 aromatic heterocycles. The van der Waals surface area contributed by atoms with Crippen molar-refractivity contribution in [1.29, 1.82) is 0 Å². The van der Waals surface area contributed by atoms with Crippen LogP contribution in [0.3, 0.4) is 0 Å². The van der Waals surface area contributed by atoms with E-state index < -0.39 is 6.03 Å². The first-order valence-electron chi connectivity index (χ1n) is 8.63. The largest absolute Gasteiger partial charge is 0.351 e. The summed E-state index contributed by atoms with van der Waals surface area (Å²) in [4.78, 5) is 36.9. The van der Waals surface area contributed by atoms with Gasteiger partial charge in [0, 0.05) is 12.1 Å². The lowest BCUT2D eigenvalue weighted by atomic mass is 9.81. The number of benzene rings is 1. The lowest BCUT2D eigenvalue weighted by Gasteiger charge is -2.34. The molecule has 2 aliphatic heterocycles. The van der Waals surface area contributed by atoms with Crippen LogP contribution in [0.25, 0.3) is 0 Å². The van der Waals surface area contributed by atoms with Crippen LogP contribution in [0.4, 0.5) is 4.79 Å². The van der Waals surface area contributed by atoms with Crippen LogP contribution in [0, 0.1) is 5.41 Å². The van der Waals surface area contributed by atoms with E-state index >= 15 is 0 Å². The molecule has 3 N–H and O–H groups in total. The molecule has 4 amide bonds. The van der Waals surface area contributed by atoms with Crippen molar-refractivity contribution in [3.8, 4) is 0 Å². The second kappa shape index (κ2) is 8.51. The fourth-order valence-corrected chi connectivity index (χ4v) is 3.21. The van der Waals surface area contributed by atoms with Crippen LogP contribution in [0.2, 0.25) is 0 Å². The molecule has 26 heavy (non-hydrogen) atoms. The van der Waals surface area contributed by atoms with E-state index in [0.29, 0.717) is 12.1 Å². The Morgan fingerprint density at radius 1 is 1.27 bits per heavy atom. The van der Waals surface area contributed by atoms with E-state index in [1.165, 1.54) is 0 Å². The maximum Gasteiger partial charge on any atom is 0.324 e. The summed E-state index contributed by atoms with van der Waals surface area (Å²) in [6, 6.07) is 6.67. The van der Waals surface area contributed by atoms with Crippen molar-refractivity contribution in [2.45, 2.75) is 26.3 Å². The van der Waals surface area contributed by atoms with Gasteiger partial charge < -0.3 is 16.0 Å². The number of nitrogens with one attached hydrogen (secondary N) is 3. The average molecular weight is 381 g/mol. The predicted molar refractivity (Wildman–Crippen MR) is 100 cm³/mol. The normalized spacial score (nSPS) is 18.9. The number of carbonyl (C=O) groups excluding carboxylic acids is 3. The molecule has 0 unspecified atom stereocenters. The van der Waals surface area contributed by atoms with Gasteiger partial charge in [-0.2, -0.15) is 0 Å². The minimum Gasteiger partial charge on any atom is -0.351 e. The Labute approximate surface area is 159 Å². The molecule has 2 saturated heterocycles. The summed E-state index contributed by atoms with van der Waals surface area (Å²) in [7, 11) is 0. The summed E-state index contributed by atoms with van der Waals surface area (Å²) in [5, 5.41) is 8.84. The van der Waals surface area contributed by atoms with Gasteiger partial charge in [0.05, 0.1) is 13.1 Å². The van der Waals surface area contributed by atoms with Crippen LogP contribution in [0.5, 0.6) is 0 Å². The summed E-state index contributed by atoms with van der Waals surface area (Å²) in [6.07, 6.45) is 2.08. The summed E-state index contributed by atoms with van der Waals surface area (Å²) in [5.74, 6) is -0.377. The molecule has 7 nitrogen and oxygen atoms in total. The van der Waals surface area contributed by atoms with Crippen LogP contribution < -0.4 is 16.0 Å². The number of halogens is 1. The van der Waals surface area contributed by atoms with Crippen LogP contribution in [-0.2, 0) is 11.3 Å². The van der Waals surface area contributed by atoms with Crippen LogP contribution in [-0.4, -0.2) is 48.9 Å². The fourth-order valence-electron chi connectivity index (χ4n) is 3.21. The number of urea groups is 1. The molecule has 0 saturated carbocycles. The fraction of sp³-hybridized carbons (Fsp3) is 0.500. The molecule has 3 rings (SSSR count). The van der Waals surface area contributed by atoms with Crippen molar-refractivity contribution in [3.05, 3.63) is 35.4 Å². The zero-order valence-electron chi connectivity index (χ0n) is 14.8. The molecule has 2 fully saturated rings. The topological polar surface area (TPSA) is 90.5 Å². The molecule has 2 heterocycles. The summed E-state index contributed by atoms with van der Waals surface area (Å²) in [6.45, 7) is 5.01. The molecular formula is C18H25ClN4O3. The van der Waals surface area contributed by atoms with Crippen LogP contribution in [0.15, 0.2) is 24.3 Å². The molecule has 8 heteroatoms. The third-order valence-electron chi connectivity index (χ3n) is 4.95. The number of hydrogen-bond acceptors (Lipinski definition) is 4. The van der Waals surface area contributed by atoms with Crippen molar-refractivity contribution in [2.75, 3.05) is 26.2 Å². The number of piperidine rings is 1. The highest BCUT2D eigenvalue weighted by molar-refractivity contribution is 6.02. The van der Waals surface area contributed by atoms with Crippen molar-refractivity contribution < 1.29 is 14.4 Å².